The highest BCUT2D eigenvalue weighted by molar-refractivity contribution is 5.95. The van der Waals surface area contributed by atoms with E-state index in [1.165, 1.54) is 12.3 Å². The standard InChI is InChI=1S/C13H12N2O3/c16-10-6-7-14-11(12(10)17)13(18)15-8-9-4-2-1-3-5-9/h1-7,17H,8H2,(H,14,16)(H,15,18). The number of carbonyl (C=O) groups excluding carboxylic acids is 1. The number of rotatable bonds is 3. The smallest absolute Gasteiger partial charge is 0.274 e. The minimum absolute atomic E-state index is 0.189. The molecule has 0 bridgehead atoms. The van der Waals surface area contributed by atoms with Crippen molar-refractivity contribution < 1.29 is 15.0 Å². The molecule has 1 aromatic heterocycles. The minimum atomic E-state index is -0.535. The molecule has 2 rings (SSSR count). The van der Waals surface area contributed by atoms with Gasteiger partial charge in [0.05, 0.1) is 0 Å². The monoisotopic (exact) mass is 244 g/mol. The largest absolute Gasteiger partial charge is 0.504 e. The number of nitrogens with zero attached hydrogens (tertiary/aromatic N) is 1. The number of pyridine rings is 1. The molecule has 3 N–H and O–H groups in total. The van der Waals surface area contributed by atoms with E-state index in [1.807, 2.05) is 30.3 Å². The van der Waals surface area contributed by atoms with Crippen molar-refractivity contribution in [3.8, 4) is 11.5 Å². The molecular weight excluding hydrogens is 232 g/mol. The third-order valence-electron chi connectivity index (χ3n) is 2.41. The summed E-state index contributed by atoms with van der Waals surface area (Å²) in [7, 11) is 0. The second kappa shape index (κ2) is 5.18. The van der Waals surface area contributed by atoms with Crippen molar-refractivity contribution in [3.63, 3.8) is 0 Å². The number of nitrogens with one attached hydrogen (secondary N) is 1. The first kappa shape index (κ1) is 11.9. The van der Waals surface area contributed by atoms with E-state index in [4.69, 9.17) is 0 Å². The summed E-state index contributed by atoms with van der Waals surface area (Å²) < 4.78 is 0. The highest BCUT2D eigenvalue weighted by atomic mass is 16.3. The van der Waals surface area contributed by atoms with Crippen molar-refractivity contribution in [2.75, 3.05) is 0 Å². The van der Waals surface area contributed by atoms with Gasteiger partial charge in [-0.15, -0.1) is 0 Å². The number of hydrogen-bond donors (Lipinski definition) is 3. The third kappa shape index (κ3) is 2.57. The molecule has 2 aromatic rings. The first-order valence-electron chi connectivity index (χ1n) is 5.37. The van der Waals surface area contributed by atoms with Gasteiger partial charge in [-0.2, -0.15) is 0 Å². The lowest BCUT2D eigenvalue weighted by atomic mass is 10.2. The van der Waals surface area contributed by atoms with Crippen molar-refractivity contribution in [1.82, 2.24) is 10.3 Å². The molecule has 0 fully saturated rings. The average molecular weight is 244 g/mol. The Labute approximate surface area is 104 Å². The fourth-order valence-corrected chi connectivity index (χ4v) is 1.47. The van der Waals surface area contributed by atoms with Crippen LogP contribution in [0.1, 0.15) is 16.1 Å². The molecule has 0 unspecified atom stereocenters. The highest BCUT2D eigenvalue weighted by Crippen LogP contribution is 2.25. The summed E-state index contributed by atoms with van der Waals surface area (Å²) in [6.07, 6.45) is 1.26. The van der Waals surface area contributed by atoms with Crippen LogP contribution in [0.25, 0.3) is 0 Å². The van der Waals surface area contributed by atoms with Crippen molar-refractivity contribution in [2.45, 2.75) is 6.54 Å². The summed E-state index contributed by atoms with van der Waals surface area (Å²) in [5, 5.41) is 21.4. The number of aromatic hydroxyl groups is 2. The molecular formula is C13H12N2O3. The van der Waals surface area contributed by atoms with Gasteiger partial charge in [-0.1, -0.05) is 30.3 Å². The lowest BCUT2D eigenvalue weighted by molar-refractivity contribution is 0.0942. The van der Waals surface area contributed by atoms with E-state index in [1.54, 1.807) is 0 Å². The van der Waals surface area contributed by atoms with Gasteiger partial charge in [0.25, 0.3) is 5.91 Å². The average Bonchev–Trinajstić information content (AvgIpc) is 2.40. The zero-order valence-corrected chi connectivity index (χ0v) is 9.50. The lowest BCUT2D eigenvalue weighted by Crippen LogP contribution is -2.23. The van der Waals surface area contributed by atoms with Crippen molar-refractivity contribution >= 4 is 5.91 Å². The van der Waals surface area contributed by atoms with Gasteiger partial charge in [0, 0.05) is 18.8 Å². The third-order valence-corrected chi connectivity index (χ3v) is 2.41. The van der Waals surface area contributed by atoms with Gasteiger partial charge < -0.3 is 15.5 Å². The number of aromatic nitrogens is 1. The van der Waals surface area contributed by atoms with Gasteiger partial charge >= 0.3 is 0 Å². The predicted octanol–water partition coefficient (Wildman–Crippen LogP) is 1.42. The summed E-state index contributed by atoms with van der Waals surface area (Å²) in [4.78, 5) is 15.5. The van der Waals surface area contributed by atoms with Crippen LogP contribution in [-0.4, -0.2) is 21.1 Å². The van der Waals surface area contributed by atoms with Gasteiger partial charge in [0.1, 0.15) is 0 Å². The van der Waals surface area contributed by atoms with E-state index in [2.05, 4.69) is 10.3 Å². The molecule has 0 spiro atoms. The Morgan fingerprint density at radius 2 is 1.89 bits per heavy atom. The summed E-state index contributed by atoms with van der Waals surface area (Å²) in [6, 6.07) is 10.6. The van der Waals surface area contributed by atoms with Crippen LogP contribution in [0.15, 0.2) is 42.6 Å². The maximum absolute atomic E-state index is 11.7. The number of amides is 1. The summed E-state index contributed by atoms with van der Waals surface area (Å²) in [5.74, 6) is -1.41. The van der Waals surface area contributed by atoms with Crippen LogP contribution in [0.2, 0.25) is 0 Å². The fourth-order valence-electron chi connectivity index (χ4n) is 1.47. The van der Waals surface area contributed by atoms with Crippen molar-refractivity contribution in [2.24, 2.45) is 0 Å². The van der Waals surface area contributed by atoms with Gasteiger partial charge in [-0.3, -0.25) is 4.79 Å². The molecule has 0 radical (unpaired) electrons. The molecule has 1 aromatic carbocycles. The Morgan fingerprint density at radius 3 is 2.61 bits per heavy atom. The summed E-state index contributed by atoms with van der Waals surface area (Å²) in [6.45, 7) is 0.330. The molecule has 5 heteroatoms. The molecule has 0 saturated carbocycles. The number of carbonyl (C=O) groups is 1. The Bertz CT molecular complexity index is 555. The zero-order chi connectivity index (χ0) is 13.0. The highest BCUT2D eigenvalue weighted by Gasteiger charge is 2.15. The van der Waals surface area contributed by atoms with Gasteiger partial charge in [0.2, 0.25) is 0 Å². The van der Waals surface area contributed by atoms with Crippen LogP contribution in [0.5, 0.6) is 11.5 Å². The maximum Gasteiger partial charge on any atom is 0.274 e. The van der Waals surface area contributed by atoms with Crippen LogP contribution in [0.4, 0.5) is 0 Å². The van der Waals surface area contributed by atoms with Crippen LogP contribution < -0.4 is 5.32 Å². The van der Waals surface area contributed by atoms with E-state index in [9.17, 15) is 15.0 Å². The molecule has 0 aliphatic heterocycles. The molecule has 1 heterocycles. The van der Waals surface area contributed by atoms with Gasteiger partial charge in [0.15, 0.2) is 17.2 Å². The second-order valence-corrected chi connectivity index (χ2v) is 3.70. The number of benzene rings is 1. The Hall–Kier alpha value is -2.56. The molecule has 5 nitrogen and oxygen atoms in total. The Morgan fingerprint density at radius 1 is 1.17 bits per heavy atom. The van der Waals surface area contributed by atoms with E-state index >= 15 is 0 Å². The maximum atomic E-state index is 11.7. The van der Waals surface area contributed by atoms with Gasteiger partial charge in [-0.25, -0.2) is 4.98 Å². The van der Waals surface area contributed by atoms with E-state index in [0.717, 1.165) is 5.56 Å². The molecule has 0 aliphatic rings. The predicted molar refractivity (Wildman–Crippen MR) is 65.2 cm³/mol. The molecule has 1 amide bonds. The Balaban J connectivity index is 2.07. The van der Waals surface area contributed by atoms with Crippen LogP contribution in [0, 0.1) is 0 Å². The Kier molecular flexibility index (Phi) is 3.43. The first-order valence-corrected chi connectivity index (χ1v) is 5.37. The van der Waals surface area contributed by atoms with Gasteiger partial charge in [-0.05, 0) is 5.56 Å². The normalized spacial score (nSPS) is 10.0. The molecule has 0 aliphatic carbocycles. The summed E-state index contributed by atoms with van der Waals surface area (Å²) >= 11 is 0. The SMILES string of the molecule is O=C(NCc1ccccc1)c1nccc(O)c1O. The van der Waals surface area contributed by atoms with E-state index in [-0.39, 0.29) is 11.4 Å². The topological polar surface area (TPSA) is 82.5 Å². The van der Waals surface area contributed by atoms with Crippen LogP contribution in [0.3, 0.4) is 0 Å². The van der Waals surface area contributed by atoms with E-state index < -0.39 is 11.7 Å². The van der Waals surface area contributed by atoms with Crippen molar-refractivity contribution in [3.05, 3.63) is 53.9 Å². The first-order chi connectivity index (χ1) is 8.68. The minimum Gasteiger partial charge on any atom is -0.504 e. The van der Waals surface area contributed by atoms with Crippen LogP contribution in [-0.2, 0) is 6.54 Å². The van der Waals surface area contributed by atoms with E-state index in [0.29, 0.717) is 6.54 Å². The molecule has 18 heavy (non-hydrogen) atoms. The summed E-state index contributed by atoms with van der Waals surface area (Å²) in [5.41, 5.74) is 0.747. The van der Waals surface area contributed by atoms with Crippen molar-refractivity contribution in [1.29, 1.82) is 0 Å². The molecule has 0 saturated heterocycles. The zero-order valence-electron chi connectivity index (χ0n) is 9.50. The fraction of sp³-hybridized carbons (Fsp3) is 0.0769. The van der Waals surface area contributed by atoms with Crippen LogP contribution >= 0.6 is 0 Å². The quantitative estimate of drug-likeness (QED) is 0.762. The molecule has 0 atom stereocenters. The second-order valence-electron chi connectivity index (χ2n) is 3.70. The lowest BCUT2D eigenvalue weighted by Gasteiger charge is -2.06. The number of hydrogen-bond acceptors (Lipinski definition) is 4. The molecule has 92 valence electrons.